The Morgan fingerprint density at radius 2 is 1.96 bits per heavy atom. The summed E-state index contributed by atoms with van der Waals surface area (Å²) in [4.78, 5) is 8.74. The van der Waals surface area contributed by atoms with Crippen LogP contribution in [0.2, 0.25) is 0 Å². The van der Waals surface area contributed by atoms with Crippen LogP contribution in [0.4, 0.5) is 11.5 Å². The Balaban J connectivity index is 2.02. The Morgan fingerprint density at radius 3 is 2.68 bits per heavy atom. The minimum atomic E-state index is 0.423. The van der Waals surface area contributed by atoms with Gasteiger partial charge in [0.1, 0.15) is 12.1 Å². The molecule has 6 heteroatoms. The molecule has 0 fully saturated rings. The summed E-state index contributed by atoms with van der Waals surface area (Å²) in [6, 6.07) is 11.7. The third-order valence-electron chi connectivity index (χ3n) is 3.58. The molecule has 1 heterocycles. The highest BCUT2D eigenvalue weighted by molar-refractivity contribution is 9.10. The van der Waals surface area contributed by atoms with Crippen LogP contribution in [0.3, 0.4) is 0 Å². The molecule has 0 saturated carbocycles. The van der Waals surface area contributed by atoms with Crippen LogP contribution in [0.5, 0.6) is 11.5 Å². The molecule has 25 heavy (non-hydrogen) atoms. The van der Waals surface area contributed by atoms with E-state index in [1.54, 1.807) is 7.11 Å². The van der Waals surface area contributed by atoms with Crippen molar-refractivity contribution in [2.24, 2.45) is 5.92 Å². The molecule has 1 aromatic heterocycles. The number of rotatable bonds is 6. The number of methoxy groups -OCH3 is 1. The zero-order chi connectivity index (χ0) is 17.8. The Labute approximate surface area is 155 Å². The van der Waals surface area contributed by atoms with Crippen LogP contribution in [0, 0.1) is 5.92 Å². The van der Waals surface area contributed by atoms with E-state index >= 15 is 0 Å². The second kappa shape index (κ2) is 7.70. The van der Waals surface area contributed by atoms with Crippen LogP contribution in [-0.2, 0) is 0 Å². The first-order valence-electron chi connectivity index (χ1n) is 8.05. The lowest BCUT2D eigenvalue weighted by atomic mass is 10.2. The number of nitrogens with one attached hydrogen (secondary N) is 1. The third kappa shape index (κ3) is 4.20. The zero-order valence-electron chi connectivity index (χ0n) is 14.4. The van der Waals surface area contributed by atoms with E-state index in [4.69, 9.17) is 9.47 Å². The highest BCUT2D eigenvalue weighted by atomic mass is 79.9. The minimum absolute atomic E-state index is 0.423. The first-order valence-corrected chi connectivity index (χ1v) is 8.84. The van der Waals surface area contributed by atoms with E-state index in [0.717, 1.165) is 26.9 Å². The second-order valence-electron chi connectivity index (χ2n) is 6.08. The van der Waals surface area contributed by atoms with Gasteiger partial charge in [-0.2, -0.15) is 0 Å². The standard InChI is InChI=1S/C19H20BrN3O2/c1-12(2)10-25-18-8-15-16(9-17(18)24-3)21-11-22-19(15)23-14-6-4-5-13(20)7-14/h4-9,11-12H,10H2,1-3H3,(H,21,22,23). The van der Waals surface area contributed by atoms with Crippen molar-refractivity contribution in [2.45, 2.75) is 13.8 Å². The molecular weight excluding hydrogens is 382 g/mol. The number of halogens is 1. The minimum Gasteiger partial charge on any atom is -0.493 e. The topological polar surface area (TPSA) is 56.3 Å². The fraction of sp³-hybridized carbons (Fsp3) is 0.263. The predicted molar refractivity (Wildman–Crippen MR) is 104 cm³/mol. The van der Waals surface area contributed by atoms with Crippen molar-refractivity contribution in [3.05, 3.63) is 47.2 Å². The fourth-order valence-electron chi connectivity index (χ4n) is 2.40. The van der Waals surface area contributed by atoms with Crippen LogP contribution in [0.25, 0.3) is 10.9 Å². The molecule has 0 amide bonds. The van der Waals surface area contributed by atoms with E-state index in [1.165, 1.54) is 6.33 Å². The number of ether oxygens (including phenoxy) is 2. The van der Waals surface area contributed by atoms with Crippen LogP contribution in [-0.4, -0.2) is 23.7 Å². The van der Waals surface area contributed by atoms with Gasteiger partial charge in [0.05, 0.1) is 19.2 Å². The monoisotopic (exact) mass is 401 g/mol. The van der Waals surface area contributed by atoms with Gasteiger partial charge in [-0.3, -0.25) is 0 Å². The molecule has 0 saturated heterocycles. The van der Waals surface area contributed by atoms with Gasteiger partial charge in [0, 0.05) is 21.6 Å². The number of anilines is 2. The Hall–Kier alpha value is -2.34. The highest BCUT2D eigenvalue weighted by Crippen LogP contribution is 2.35. The van der Waals surface area contributed by atoms with Crippen LogP contribution >= 0.6 is 15.9 Å². The molecule has 3 rings (SSSR count). The Morgan fingerprint density at radius 1 is 1.12 bits per heavy atom. The number of hydrogen-bond acceptors (Lipinski definition) is 5. The summed E-state index contributed by atoms with van der Waals surface area (Å²) in [6.45, 7) is 4.83. The molecule has 0 radical (unpaired) electrons. The van der Waals surface area contributed by atoms with Crippen LogP contribution in [0.15, 0.2) is 47.2 Å². The van der Waals surface area contributed by atoms with Crippen LogP contribution in [0.1, 0.15) is 13.8 Å². The third-order valence-corrected chi connectivity index (χ3v) is 4.07. The average Bonchev–Trinajstić information content (AvgIpc) is 2.59. The molecule has 0 aliphatic rings. The molecule has 0 aliphatic carbocycles. The van der Waals surface area contributed by atoms with Crippen molar-refractivity contribution in [2.75, 3.05) is 19.0 Å². The zero-order valence-corrected chi connectivity index (χ0v) is 16.0. The quantitative estimate of drug-likeness (QED) is 0.616. The van der Waals surface area contributed by atoms with E-state index in [1.807, 2.05) is 36.4 Å². The first-order chi connectivity index (χ1) is 12.1. The predicted octanol–water partition coefficient (Wildman–Crippen LogP) is 5.18. The van der Waals surface area contributed by atoms with E-state index in [-0.39, 0.29) is 0 Å². The second-order valence-corrected chi connectivity index (χ2v) is 7.00. The number of aromatic nitrogens is 2. The number of benzene rings is 2. The van der Waals surface area contributed by atoms with Gasteiger partial charge in [-0.1, -0.05) is 35.8 Å². The molecule has 0 atom stereocenters. The van der Waals surface area contributed by atoms with Crippen LogP contribution < -0.4 is 14.8 Å². The SMILES string of the molecule is COc1cc2ncnc(Nc3cccc(Br)c3)c2cc1OCC(C)C. The number of fused-ring (bicyclic) bond motifs is 1. The van der Waals surface area contributed by atoms with E-state index in [2.05, 4.69) is 45.1 Å². The summed E-state index contributed by atoms with van der Waals surface area (Å²) in [7, 11) is 1.63. The van der Waals surface area contributed by atoms with Gasteiger partial charge >= 0.3 is 0 Å². The van der Waals surface area contributed by atoms with Gasteiger partial charge in [-0.05, 0) is 30.2 Å². The average molecular weight is 402 g/mol. The Kier molecular flexibility index (Phi) is 5.38. The molecule has 0 aliphatic heterocycles. The Bertz CT molecular complexity index is 884. The van der Waals surface area contributed by atoms with Crippen molar-refractivity contribution >= 4 is 38.3 Å². The van der Waals surface area contributed by atoms with Gasteiger partial charge in [-0.25, -0.2) is 9.97 Å². The van der Waals surface area contributed by atoms with E-state index < -0.39 is 0 Å². The summed E-state index contributed by atoms with van der Waals surface area (Å²) in [6.07, 6.45) is 1.54. The fourth-order valence-corrected chi connectivity index (χ4v) is 2.79. The molecular formula is C19H20BrN3O2. The van der Waals surface area contributed by atoms with Crippen molar-refractivity contribution in [1.29, 1.82) is 0 Å². The lowest BCUT2D eigenvalue weighted by molar-refractivity contribution is 0.257. The molecule has 3 aromatic rings. The maximum Gasteiger partial charge on any atom is 0.162 e. The van der Waals surface area contributed by atoms with Gasteiger partial charge in [0.2, 0.25) is 0 Å². The maximum absolute atomic E-state index is 5.91. The molecule has 130 valence electrons. The smallest absolute Gasteiger partial charge is 0.162 e. The molecule has 0 unspecified atom stereocenters. The molecule has 2 aromatic carbocycles. The number of nitrogens with zero attached hydrogens (tertiary/aromatic N) is 2. The summed E-state index contributed by atoms with van der Waals surface area (Å²) < 4.78 is 12.4. The number of hydrogen-bond donors (Lipinski definition) is 1. The van der Waals surface area contributed by atoms with E-state index in [0.29, 0.717) is 24.0 Å². The summed E-state index contributed by atoms with van der Waals surface area (Å²) >= 11 is 3.48. The highest BCUT2D eigenvalue weighted by Gasteiger charge is 2.12. The van der Waals surface area contributed by atoms with Gasteiger partial charge in [-0.15, -0.1) is 0 Å². The molecule has 0 spiro atoms. The van der Waals surface area contributed by atoms with Gasteiger partial charge < -0.3 is 14.8 Å². The molecule has 5 nitrogen and oxygen atoms in total. The van der Waals surface area contributed by atoms with Crippen molar-refractivity contribution in [1.82, 2.24) is 9.97 Å². The lowest BCUT2D eigenvalue weighted by Gasteiger charge is -2.15. The first kappa shape index (κ1) is 17.5. The molecule has 1 N–H and O–H groups in total. The summed E-state index contributed by atoms with van der Waals surface area (Å²) in [5, 5.41) is 4.22. The summed E-state index contributed by atoms with van der Waals surface area (Å²) in [5.41, 5.74) is 1.73. The van der Waals surface area contributed by atoms with Crippen molar-refractivity contribution < 1.29 is 9.47 Å². The van der Waals surface area contributed by atoms with E-state index in [9.17, 15) is 0 Å². The van der Waals surface area contributed by atoms with Gasteiger partial charge in [0.15, 0.2) is 11.5 Å². The normalized spacial score (nSPS) is 10.9. The van der Waals surface area contributed by atoms with Crippen molar-refractivity contribution in [3.63, 3.8) is 0 Å². The lowest BCUT2D eigenvalue weighted by Crippen LogP contribution is -2.06. The summed E-state index contributed by atoms with van der Waals surface area (Å²) in [5.74, 6) is 2.50. The largest absolute Gasteiger partial charge is 0.493 e. The molecule has 0 bridgehead atoms. The van der Waals surface area contributed by atoms with Gasteiger partial charge in [0.25, 0.3) is 0 Å². The van der Waals surface area contributed by atoms with Crippen molar-refractivity contribution in [3.8, 4) is 11.5 Å². The maximum atomic E-state index is 5.91.